The molecule has 0 aromatic heterocycles. The van der Waals surface area contributed by atoms with Gasteiger partial charge in [-0.3, -0.25) is 9.59 Å². The molecule has 12 rings (SSSR count). The first-order valence-corrected chi connectivity index (χ1v) is 29.4. The number of benzene rings is 10. The fourth-order valence-corrected chi connectivity index (χ4v) is 11.8. The molecular formula is C76H70N4O4. The lowest BCUT2D eigenvalue weighted by Crippen LogP contribution is -2.43. The van der Waals surface area contributed by atoms with E-state index in [4.69, 9.17) is 9.47 Å². The lowest BCUT2D eigenvalue weighted by molar-refractivity contribution is -0.142. The van der Waals surface area contributed by atoms with Gasteiger partial charge in [0.05, 0.1) is 26.4 Å². The van der Waals surface area contributed by atoms with Crippen molar-refractivity contribution in [2.75, 3.05) is 46.0 Å². The number of ether oxygens (including phenoxy) is 2. The van der Waals surface area contributed by atoms with Crippen molar-refractivity contribution in [3.63, 3.8) is 0 Å². The summed E-state index contributed by atoms with van der Waals surface area (Å²) in [5, 5.41) is 0. The van der Waals surface area contributed by atoms with Crippen molar-refractivity contribution in [1.29, 1.82) is 0 Å². The maximum absolute atomic E-state index is 13.4. The maximum Gasteiger partial charge on any atom is 0.137 e. The minimum Gasteiger partial charge on any atom is -0.380 e. The Morgan fingerprint density at radius 3 is 0.702 bits per heavy atom. The molecule has 8 nitrogen and oxygen atoms in total. The number of rotatable bonds is 23. The molecule has 0 bridgehead atoms. The van der Waals surface area contributed by atoms with Gasteiger partial charge >= 0.3 is 0 Å². The monoisotopic (exact) mass is 1100 g/mol. The van der Waals surface area contributed by atoms with Crippen LogP contribution in [-0.2, 0) is 31.9 Å². The van der Waals surface area contributed by atoms with E-state index in [1.165, 1.54) is 0 Å². The Bertz CT molecular complexity index is 3420. The minimum atomic E-state index is -0.0190. The van der Waals surface area contributed by atoms with Crippen LogP contribution in [0.5, 0.6) is 0 Å². The van der Waals surface area contributed by atoms with Crippen LogP contribution in [0, 0.1) is 10.8 Å². The number of nitrogens with zero attached hydrogens (tertiary/aromatic N) is 4. The highest BCUT2D eigenvalue weighted by Crippen LogP contribution is 2.43. The average Bonchev–Trinajstić information content (AvgIpc) is 3.72. The third-order valence-corrected chi connectivity index (χ3v) is 16.8. The second-order valence-corrected chi connectivity index (χ2v) is 22.6. The number of ketones is 2. The molecule has 418 valence electrons. The molecule has 10 aromatic carbocycles. The highest BCUT2D eigenvalue weighted by Gasteiger charge is 2.39. The van der Waals surface area contributed by atoms with Crippen LogP contribution in [0.25, 0.3) is 11.1 Å². The molecule has 84 heavy (non-hydrogen) atoms. The van der Waals surface area contributed by atoms with E-state index in [2.05, 4.69) is 276 Å². The molecule has 0 saturated carbocycles. The van der Waals surface area contributed by atoms with E-state index in [0.717, 1.165) is 103 Å². The van der Waals surface area contributed by atoms with Crippen molar-refractivity contribution in [2.24, 2.45) is 10.8 Å². The van der Waals surface area contributed by atoms with E-state index in [-0.39, 0.29) is 22.4 Å². The van der Waals surface area contributed by atoms with Gasteiger partial charge in [-0.1, -0.05) is 135 Å². The quantitative estimate of drug-likeness (QED) is 0.0628. The van der Waals surface area contributed by atoms with E-state index in [1.54, 1.807) is 0 Å². The predicted octanol–water partition coefficient (Wildman–Crippen LogP) is 19.1. The number of hydrogen-bond donors (Lipinski definition) is 0. The van der Waals surface area contributed by atoms with Crippen LogP contribution in [0.3, 0.4) is 0 Å². The van der Waals surface area contributed by atoms with Gasteiger partial charge in [0.2, 0.25) is 0 Å². The summed E-state index contributed by atoms with van der Waals surface area (Å²) in [5.41, 5.74) is 16.5. The lowest BCUT2D eigenvalue weighted by Gasteiger charge is -2.40. The Morgan fingerprint density at radius 1 is 0.298 bits per heavy atom. The van der Waals surface area contributed by atoms with Gasteiger partial charge in [-0.05, 0) is 181 Å². The van der Waals surface area contributed by atoms with Gasteiger partial charge in [-0.15, -0.1) is 0 Å². The van der Waals surface area contributed by atoms with Crippen LogP contribution in [0.4, 0.5) is 68.2 Å². The molecule has 0 spiro atoms. The third-order valence-electron chi connectivity index (χ3n) is 16.8. The van der Waals surface area contributed by atoms with E-state index in [0.29, 0.717) is 52.1 Å². The van der Waals surface area contributed by atoms with Gasteiger partial charge in [0.25, 0.3) is 0 Å². The Hall–Kier alpha value is -9.34. The van der Waals surface area contributed by atoms with Gasteiger partial charge < -0.3 is 29.1 Å². The molecule has 0 radical (unpaired) electrons. The van der Waals surface area contributed by atoms with Crippen molar-refractivity contribution < 1.29 is 19.1 Å². The molecule has 0 N–H and O–H groups in total. The standard InChI is InChI=1S/C76H70N4O4/c1-3-75(53-83-54-75)51-73(81)49-57-25-33-65(34-26-57)79(71-45-41-69(42-46-71)77(61-17-9-5-10-18-61)62-19-11-6-12-20-62)67-37-29-59(30-38-67)60-31-39-68(40-32-60)80(66-35-27-58(28-36-66)50-74(82)52-76(4-2)55-84-56-76)72-47-43-70(44-48-72)78(63-21-13-7-14-22-63)64-23-15-8-16-24-64/h5-48H,3-4,49-56H2,1-2H3. The molecule has 2 saturated heterocycles. The van der Waals surface area contributed by atoms with Crippen molar-refractivity contribution in [2.45, 2.75) is 52.4 Å². The van der Waals surface area contributed by atoms with Crippen LogP contribution in [0.2, 0.25) is 0 Å². The van der Waals surface area contributed by atoms with E-state index in [9.17, 15) is 9.59 Å². The van der Waals surface area contributed by atoms with E-state index >= 15 is 0 Å². The first-order chi connectivity index (χ1) is 41.2. The van der Waals surface area contributed by atoms with Gasteiger partial charge in [0.1, 0.15) is 11.6 Å². The van der Waals surface area contributed by atoms with Crippen molar-refractivity contribution >= 4 is 79.8 Å². The summed E-state index contributed by atoms with van der Waals surface area (Å²) in [4.78, 5) is 35.9. The van der Waals surface area contributed by atoms with Crippen LogP contribution in [0.1, 0.15) is 50.7 Å². The molecule has 2 aliphatic rings. The summed E-state index contributed by atoms with van der Waals surface area (Å²) in [6.07, 6.45) is 3.79. The summed E-state index contributed by atoms with van der Waals surface area (Å²) in [5.74, 6) is 0.502. The molecular weight excluding hydrogens is 1030 g/mol. The zero-order chi connectivity index (χ0) is 57.3. The van der Waals surface area contributed by atoms with Gasteiger partial charge in [-0.2, -0.15) is 0 Å². The molecule has 0 aliphatic carbocycles. The summed E-state index contributed by atoms with van der Waals surface area (Å²) >= 11 is 0. The minimum absolute atomic E-state index is 0.0190. The van der Waals surface area contributed by atoms with Crippen LogP contribution in [-0.4, -0.2) is 38.0 Å². The normalized spacial score (nSPS) is 13.9. The maximum atomic E-state index is 13.4. The molecule has 0 atom stereocenters. The molecule has 0 amide bonds. The number of Topliss-reactive ketones (excluding diaryl/α,β-unsaturated/α-hetero) is 2. The van der Waals surface area contributed by atoms with Crippen molar-refractivity contribution in [3.05, 3.63) is 278 Å². The fraction of sp³-hybridized carbons (Fsp3) is 0.184. The third kappa shape index (κ3) is 12.2. The average molecular weight is 1100 g/mol. The number of carbonyl (C=O) groups excluding carboxylic acids is 2. The molecule has 2 fully saturated rings. The number of carbonyl (C=O) groups is 2. The molecule has 8 heteroatoms. The Balaban J connectivity index is 0.844. The first kappa shape index (κ1) is 55.2. The summed E-state index contributed by atoms with van der Waals surface area (Å²) in [6.45, 7) is 6.96. The fourth-order valence-electron chi connectivity index (χ4n) is 11.8. The number of hydrogen-bond acceptors (Lipinski definition) is 8. The second-order valence-electron chi connectivity index (χ2n) is 22.6. The second kappa shape index (κ2) is 25.0. The van der Waals surface area contributed by atoms with Crippen LogP contribution < -0.4 is 19.6 Å². The Labute approximate surface area is 494 Å². The summed E-state index contributed by atoms with van der Waals surface area (Å²) in [7, 11) is 0. The van der Waals surface area contributed by atoms with Crippen LogP contribution in [0.15, 0.2) is 267 Å². The van der Waals surface area contributed by atoms with Gasteiger partial charge in [0.15, 0.2) is 0 Å². The Morgan fingerprint density at radius 2 is 0.500 bits per heavy atom. The Kier molecular flexibility index (Phi) is 16.4. The SMILES string of the molecule is CCC1(CC(=O)Cc2ccc(N(c3ccc(-c4ccc(N(c5ccc(CC(=O)CC6(CC)COC6)cc5)c5ccc(N(c6ccccc6)c6ccccc6)cc5)cc4)cc3)c3ccc(N(c4ccccc4)c4ccccc4)cc3)cc2)COC1. The summed E-state index contributed by atoms with van der Waals surface area (Å²) < 4.78 is 11.1. The molecule has 10 aromatic rings. The summed E-state index contributed by atoms with van der Waals surface area (Å²) in [6, 6.07) is 93.8. The number of para-hydroxylation sites is 4. The smallest absolute Gasteiger partial charge is 0.137 e. The highest BCUT2D eigenvalue weighted by molar-refractivity contribution is 5.86. The van der Waals surface area contributed by atoms with E-state index in [1.807, 2.05) is 24.3 Å². The zero-order valence-electron chi connectivity index (χ0n) is 47.9. The molecule has 2 heterocycles. The zero-order valence-corrected chi connectivity index (χ0v) is 47.9. The van der Waals surface area contributed by atoms with E-state index < -0.39 is 0 Å². The molecule has 2 aliphatic heterocycles. The largest absolute Gasteiger partial charge is 0.380 e. The predicted molar refractivity (Wildman–Crippen MR) is 344 cm³/mol. The van der Waals surface area contributed by atoms with Crippen molar-refractivity contribution in [3.8, 4) is 11.1 Å². The lowest BCUT2D eigenvalue weighted by atomic mass is 9.78. The highest BCUT2D eigenvalue weighted by atomic mass is 16.5. The molecule has 0 unspecified atom stereocenters. The topological polar surface area (TPSA) is 65.6 Å². The van der Waals surface area contributed by atoms with Gasteiger partial charge in [-0.25, -0.2) is 0 Å². The number of anilines is 12. The van der Waals surface area contributed by atoms with Gasteiger partial charge in [0, 0.05) is 105 Å². The van der Waals surface area contributed by atoms with Crippen molar-refractivity contribution in [1.82, 2.24) is 0 Å². The van der Waals surface area contributed by atoms with Crippen LogP contribution >= 0.6 is 0 Å². The first-order valence-electron chi connectivity index (χ1n) is 29.4.